The summed E-state index contributed by atoms with van der Waals surface area (Å²) in [6.07, 6.45) is -9.66. The second-order valence-corrected chi connectivity index (χ2v) is 7.18. The van der Waals surface area contributed by atoms with E-state index in [0.29, 0.717) is 30.8 Å². The van der Waals surface area contributed by atoms with Crippen LogP contribution in [-0.2, 0) is 30.1 Å². The van der Waals surface area contributed by atoms with E-state index in [1.807, 2.05) is 0 Å². The van der Waals surface area contributed by atoms with Gasteiger partial charge in [0.25, 0.3) is 0 Å². The van der Waals surface area contributed by atoms with Gasteiger partial charge in [-0.25, -0.2) is 0 Å². The van der Waals surface area contributed by atoms with Crippen LogP contribution in [0.3, 0.4) is 0 Å². The first-order valence-corrected chi connectivity index (χ1v) is 9.18. The Bertz CT molecular complexity index is 890. The second-order valence-electron chi connectivity index (χ2n) is 7.18. The fourth-order valence-electron chi connectivity index (χ4n) is 3.61. The number of alkyl halides is 6. The van der Waals surface area contributed by atoms with E-state index in [1.54, 1.807) is 29.2 Å². The molecule has 3 nitrogen and oxygen atoms in total. The van der Waals surface area contributed by atoms with Crippen molar-refractivity contribution in [2.24, 2.45) is 5.92 Å². The average molecular weight is 431 g/mol. The van der Waals surface area contributed by atoms with Crippen LogP contribution < -0.4 is 4.74 Å². The second kappa shape index (κ2) is 8.20. The molecule has 0 aromatic heterocycles. The van der Waals surface area contributed by atoms with Gasteiger partial charge in [0.1, 0.15) is 5.75 Å². The molecule has 1 aliphatic rings. The molecular formula is C21H19F6NO2. The minimum Gasteiger partial charge on any atom is -0.496 e. The number of halogens is 6. The summed E-state index contributed by atoms with van der Waals surface area (Å²) in [5, 5.41) is 0. The zero-order chi connectivity index (χ0) is 22.1. The zero-order valence-electron chi connectivity index (χ0n) is 16.0. The third-order valence-corrected chi connectivity index (χ3v) is 5.09. The van der Waals surface area contributed by atoms with Crippen molar-refractivity contribution in [2.45, 2.75) is 31.7 Å². The summed E-state index contributed by atoms with van der Waals surface area (Å²) in [6, 6.07) is 8.57. The molecule has 2 aromatic carbocycles. The summed E-state index contributed by atoms with van der Waals surface area (Å²) in [5.74, 6) is -0.377. The molecule has 0 radical (unpaired) electrons. The highest BCUT2D eigenvalue weighted by molar-refractivity contribution is 5.81. The fourth-order valence-corrected chi connectivity index (χ4v) is 3.61. The van der Waals surface area contributed by atoms with Gasteiger partial charge in [-0.05, 0) is 42.7 Å². The molecule has 1 fully saturated rings. The lowest BCUT2D eigenvalue weighted by Gasteiger charge is -2.19. The predicted molar refractivity (Wildman–Crippen MR) is 96.7 cm³/mol. The van der Waals surface area contributed by atoms with Crippen molar-refractivity contribution in [2.75, 3.05) is 13.7 Å². The van der Waals surface area contributed by atoms with E-state index in [4.69, 9.17) is 4.74 Å². The van der Waals surface area contributed by atoms with Crippen LogP contribution in [0.2, 0.25) is 0 Å². The molecule has 0 N–H and O–H groups in total. The maximum absolute atomic E-state index is 13.0. The maximum Gasteiger partial charge on any atom is 0.416 e. The Morgan fingerprint density at radius 2 is 1.60 bits per heavy atom. The summed E-state index contributed by atoms with van der Waals surface area (Å²) in [7, 11) is 1.50. The Morgan fingerprint density at radius 1 is 1.00 bits per heavy atom. The summed E-state index contributed by atoms with van der Waals surface area (Å²) in [6.45, 7) is 0.627. The van der Waals surface area contributed by atoms with Crippen LogP contribution in [0.5, 0.6) is 5.75 Å². The number of carbonyl (C=O) groups excluding carboxylic acids is 1. The number of methoxy groups -OCH3 is 1. The molecule has 1 amide bonds. The lowest BCUT2D eigenvalue weighted by Crippen LogP contribution is -2.27. The van der Waals surface area contributed by atoms with E-state index in [2.05, 4.69) is 0 Å². The molecule has 1 unspecified atom stereocenters. The number of nitrogens with zero attached hydrogens (tertiary/aromatic N) is 1. The average Bonchev–Trinajstić information content (AvgIpc) is 3.00. The summed E-state index contributed by atoms with van der Waals surface area (Å²) in [5.41, 5.74) is -2.13. The Kier molecular flexibility index (Phi) is 6.01. The molecule has 2 aromatic rings. The van der Waals surface area contributed by atoms with Crippen molar-refractivity contribution >= 4 is 5.91 Å². The van der Waals surface area contributed by atoms with Crippen molar-refractivity contribution < 1.29 is 35.9 Å². The first-order valence-electron chi connectivity index (χ1n) is 9.18. The summed E-state index contributed by atoms with van der Waals surface area (Å²) < 4.78 is 83.5. The fraction of sp³-hybridized carbons (Fsp3) is 0.381. The van der Waals surface area contributed by atoms with Crippen LogP contribution in [0.1, 0.15) is 28.7 Å². The molecule has 3 rings (SSSR count). The standard InChI is InChI=1S/C21H19F6NO2/c1-30-18-5-3-2-4-15(18)12-28-7-6-14(19(28)29)8-13-9-16(20(22,23)24)11-17(10-13)21(25,26)27/h2-5,9-11,14H,6-8,12H2,1H3. The first-order chi connectivity index (χ1) is 14.0. The van der Waals surface area contributed by atoms with Crippen LogP contribution in [0.4, 0.5) is 26.3 Å². The number of para-hydroxylation sites is 1. The number of benzene rings is 2. The molecule has 30 heavy (non-hydrogen) atoms. The Morgan fingerprint density at radius 3 is 2.17 bits per heavy atom. The molecule has 0 saturated carbocycles. The number of ether oxygens (including phenoxy) is 1. The van der Waals surface area contributed by atoms with E-state index < -0.39 is 29.4 Å². The molecule has 162 valence electrons. The van der Waals surface area contributed by atoms with Gasteiger partial charge in [-0.2, -0.15) is 26.3 Å². The van der Waals surface area contributed by atoms with Crippen molar-refractivity contribution in [1.29, 1.82) is 0 Å². The molecule has 1 heterocycles. The van der Waals surface area contributed by atoms with Gasteiger partial charge in [-0.15, -0.1) is 0 Å². The Labute approximate surface area is 169 Å². The monoisotopic (exact) mass is 431 g/mol. The smallest absolute Gasteiger partial charge is 0.416 e. The van der Waals surface area contributed by atoms with Crippen molar-refractivity contribution in [3.63, 3.8) is 0 Å². The Hall–Kier alpha value is -2.71. The quantitative estimate of drug-likeness (QED) is 0.600. The zero-order valence-corrected chi connectivity index (χ0v) is 16.0. The SMILES string of the molecule is COc1ccccc1CN1CCC(Cc2cc(C(F)(F)F)cc(C(F)(F)F)c2)C1=O. The summed E-state index contributed by atoms with van der Waals surface area (Å²) >= 11 is 0. The number of rotatable bonds is 5. The third kappa shape index (κ3) is 4.88. The molecule has 9 heteroatoms. The molecule has 1 aliphatic heterocycles. The Balaban J connectivity index is 1.79. The van der Waals surface area contributed by atoms with E-state index in [1.165, 1.54) is 7.11 Å². The minimum atomic E-state index is -4.91. The van der Waals surface area contributed by atoms with Crippen LogP contribution >= 0.6 is 0 Å². The normalized spacial score (nSPS) is 17.5. The highest BCUT2D eigenvalue weighted by atomic mass is 19.4. The van der Waals surface area contributed by atoms with Gasteiger partial charge in [-0.1, -0.05) is 18.2 Å². The molecule has 0 spiro atoms. The largest absolute Gasteiger partial charge is 0.496 e. The van der Waals surface area contributed by atoms with Gasteiger partial charge in [0, 0.05) is 24.6 Å². The van der Waals surface area contributed by atoms with Gasteiger partial charge >= 0.3 is 12.4 Å². The number of hydrogen-bond acceptors (Lipinski definition) is 2. The van der Waals surface area contributed by atoms with Crippen LogP contribution in [0.15, 0.2) is 42.5 Å². The van der Waals surface area contributed by atoms with Crippen LogP contribution in [-0.4, -0.2) is 24.5 Å². The number of carbonyl (C=O) groups is 1. The van der Waals surface area contributed by atoms with Gasteiger partial charge in [0.15, 0.2) is 0 Å². The van der Waals surface area contributed by atoms with Gasteiger partial charge in [-0.3, -0.25) is 4.79 Å². The molecule has 0 bridgehead atoms. The topological polar surface area (TPSA) is 29.5 Å². The van der Waals surface area contributed by atoms with Crippen molar-refractivity contribution in [1.82, 2.24) is 4.90 Å². The molecule has 1 atom stereocenters. The number of amides is 1. The van der Waals surface area contributed by atoms with Crippen LogP contribution in [0, 0.1) is 5.92 Å². The first kappa shape index (κ1) is 22.0. The third-order valence-electron chi connectivity index (χ3n) is 5.09. The van der Waals surface area contributed by atoms with Crippen LogP contribution in [0.25, 0.3) is 0 Å². The lowest BCUT2D eigenvalue weighted by molar-refractivity contribution is -0.143. The lowest BCUT2D eigenvalue weighted by atomic mass is 9.94. The molecule has 0 aliphatic carbocycles. The minimum absolute atomic E-state index is 0.0912. The van der Waals surface area contributed by atoms with Gasteiger partial charge in [0.2, 0.25) is 5.91 Å². The van der Waals surface area contributed by atoms with Crippen molar-refractivity contribution in [3.05, 3.63) is 64.7 Å². The highest BCUT2D eigenvalue weighted by Gasteiger charge is 2.38. The van der Waals surface area contributed by atoms with E-state index in [9.17, 15) is 31.1 Å². The van der Waals surface area contributed by atoms with Crippen molar-refractivity contribution in [3.8, 4) is 5.75 Å². The van der Waals surface area contributed by atoms with E-state index in [0.717, 1.165) is 5.56 Å². The summed E-state index contributed by atoms with van der Waals surface area (Å²) in [4.78, 5) is 14.3. The van der Waals surface area contributed by atoms with E-state index >= 15 is 0 Å². The highest BCUT2D eigenvalue weighted by Crippen LogP contribution is 2.37. The molecular weight excluding hydrogens is 412 g/mol. The van der Waals surface area contributed by atoms with Gasteiger partial charge in [0.05, 0.1) is 18.2 Å². The number of hydrogen-bond donors (Lipinski definition) is 0. The predicted octanol–water partition coefficient (Wildman–Crippen LogP) is 5.32. The van der Waals surface area contributed by atoms with Gasteiger partial charge < -0.3 is 9.64 Å². The molecule has 1 saturated heterocycles. The van der Waals surface area contributed by atoms with E-state index in [-0.39, 0.29) is 30.5 Å². The number of likely N-dealkylation sites (tertiary alicyclic amines) is 1. The maximum atomic E-state index is 13.0.